The van der Waals surface area contributed by atoms with E-state index in [0.29, 0.717) is 43.3 Å². The van der Waals surface area contributed by atoms with Crippen LogP contribution >= 0.6 is 0 Å². The zero-order chi connectivity index (χ0) is 30.7. The largest absolute Gasteiger partial charge is 0.449 e. The van der Waals surface area contributed by atoms with Crippen LogP contribution in [0.1, 0.15) is 113 Å². The predicted molar refractivity (Wildman–Crippen MR) is 170 cm³/mol. The lowest BCUT2D eigenvalue weighted by atomic mass is 9.72. The van der Waals surface area contributed by atoms with Crippen molar-refractivity contribution < 1.29 is 9.21 Å². The molecule has 3 aromatic rings. The number of aryl methyl sites for hydroxylation is 1. The second kappa shape index (κ2) is 10.5. The highest BCUT2D eigenvalue weighted by molar-refractivity contribution is 6.02. The first kappa shape index (κ1) is 29.5. The van der Waals surface area contributed by atoms with E-state index in [-0.39, 0.29) is 11.3 Å². The molecule has 0 N–H and O–H groups in total. The molecule has 0 atom stereocenters. The van der Waals surface area contributed by atoms with E-state index in [0.717, 1.165) is 58.0 Å². The maximum absolute atomic E-state index is 14.1. The molecule has 0 radical (unpaired) electrons. The first-order valence-corrected chi connectivity index (χ1v) is 15.7. The van der Waals surface area contributed by atoms with Gasteiger partial charge >= 0.3 is 0 Å². The summed E-state index contributed by atoms with van der Waals surface area (Å²) in [5.41, 5.74) is 6.26. The molecule has 6 rings (SSSR count). The number of aromatic nitrogens is 2. The third-order valence-corrected chi connectivity index (χ3v) is 9.55. The molecule has 2 fully saturated rings. The van der Waals surface area contributed by atoms with E-state index in [1.807, 2.05) is 24.0 Å². The highest BCUT2D eigenvalue weighted by atomic mass is 16.3. The third-order valence-electron chi connectivity index (χ3n) is 9.55. The Kier molecular flexibility index (Phi) is 7.21. The Morgan fingerprint density at radius 2 is 1.77 bits per heavy atom. The van der Waals surface area contributed by atoms with Crippen LogP contribution in [0.2, 0.25) is 0 Å². The van der Waals surface area contributed by atoms with Crippen LogP contribution in [0.4, 0.5) is 5.82 Å². The van der Waals surface area contributed by atoms with Crippen LogP contribution in [0.15, 0.2) is 44.1 Å². The average Bonchev–Trinajstić information content (AvgIpc) is 3.62. The standard InChI is InChI=1S/C34H45N7O2/c1-21-9-10-28(37-29(21)26-19-35-39-38-26)40-15-16-41(34(7,8)20-40)31(42)27-18-25-30(43-27)23(32(2,3)4)17-24(36-25)22-11-13-33(5,6)14-12-22/h9-10,17-18,22H,11-16,19-20H2,1-8H3. The number of nitrogens with zero attached hydrogens (tertiary/aromatic N) is 7. The van der Waals surface area contributed by atoms with Gasteiger partial charge in [-0.1, -0.05) is 40.7 Å². The maximum atomic E-state index is 14.1. The molecule has 3 aromatic heterocycles. The van der Waals surface area contributed by atoms with Crippen LogP contribution in [-0.2, 0) is 5.41 Å². The lowest BCUT2D eigenvalue weighted by molar-refractivity contribution is 0.0483. The first-order valence-electron chi connectivity index (χ1n) is 15.7. The number of anilines is 1. The van der Waals surface area contributed by atoms with Gasteiger partial charge in [0, 0.05) is 42.9 Å². The molecule has 5 heterocycles. The molecule has 2 aliphatic heterocycles. The van der Waals surface area contributed by atoms with Crippen molar-refractivity contribution in [2.24, 2.45) is 20.9 Å². The van der Waals surface area contributed by atoms with E-state index < -0.39 is 5.54 Å². The number of carbonyl (C=O) groups excluding carboxylic acids is 1. The topological polar surface area (TPSA) is 99.5 Å². The summed E-state index contributed by atoms with van der Waals surface area (Å²) in [6.07, 6.45) is 4.71. The molecule has 228 valence electrons. The fourth-order valence-corrected chi connectivity index (χ4v) is 6.79. The molecule has 0 unspecified atom stereocenters. The van der Waals surface area contributed by atoms with E-state index in [4.69, 9.17) is 14.4 Å². The van der Waals surface area contributed by atoms with Crippen LogP contribution in [0.25, 0.3) is 11.1 Å². The van der Waals surface area contributed by atoms with E-state index in [1.165, 1.54) is 12.8 Å². The molecule has 0 spiro atoms. The Bertz CT molecular complexity index is 1620. The Labute approximate surface area is 254 Å². The van der Waals surface area contributed by atoms with Crippen molar-refractivity contribution in [3.8, 4) is 0 Å². The summed E-state index contributed by atoms with van der Waals surface area (Å²) in [6, 6.07) is 8.23. The van der Waals surface area contributed by atoms with Gasteiger partial charge in [-0.25, -0.2) is 9.97 Å². The lowest BCUT2D eigenvalue weighted by Crippen LogP contribution is -2.61. The number of rotatable bonds is 4. The van der Waals surface area contributed by atoms with Crippen LogP contribution in [0.3, 0.4) is 0 Å². The van der Waals surface area contributed by atoms with Gasteiger partial charge < -0.3 is 14.2 Å². The molecule has 0 aromatic carbocycles. The minimum Gasteiger partial charge on any atom is -0.449 e. The summed E-state index contributed by atoms with van der Waals surface area (Å²) in [6.45, 7) is 19.9. The van der Waals surface area contributed by atoms with Crippen molar-refractivity contribution in [2.45, 2.75) is 97.9 Å². The van der Waals surface area contributed by atoms with Gasteiger partial charge in [0.05, 0.1) is 11.2 Å². The Balaban J connectivity index is 1.26. The predicted octanol–water partition coefficient (Wildman–Crippen LogP) is 7.42. The van der Waals surface area contributed by atoms with E-state index in [9.17, 15) is 4.79 Å². The van der Waals surface area contributed by atoms with Gasteiger partial charge in [-0.05, 0) is 80.2 Å². The summed E-state index contributed by atoms with van der Waals surface area (Å²) in [5, 5.41) is 11.9. The van der Waals surface area contributed by atoms with Crippen molar-refractivity contribution >= 4 is 28.5 Å². The Morgan fingerprint density at radius 3 is 2.42 bits per heavy atom. The normalized spacial score (nSPS) is 20.6. The van der Waals surface area contributed by atoms with Gasteiger partial charge in [-0.15, -0.1) is 5.10 Å². The third kappa shape index (κ3) is 5.70. The number of carbonyl (C=O) groups is 1. The van der Waals surface area contributed by atoms with Crippen molar-refractivity contribution in [3.63, 3.8) is 0 Å². The number of pyridine rings is 2. The highest BCUT2D eigenvalue weighted by Crippen LogP contribution is 2.43. The maximum Gasteiger partial charge on any atom is 0.290 e. The number of hydrogen-bond acceptors (Lipinski definition) is 8. The summed E-state index contributed by atoms with van der Waals surface area (Å²) in [4.78, 5) is 28.3. The number of furan rings is 1. The number of fused-ring (bicyclic) bond motifs is 1. The molecule has 3 aliphatic rings. The molecule has 1 aliphatic carbocycles. The van der Waals surface area contributed by atoms with Gasteiger partial charge in [0.15, 0.2) is 11.3 Å². The zero-order valence-electron chi connectivity index (χ0n) is 27.0. The van der Waals surface area contributed by atoms with Crippen LogP contribution in [0.5, 0.6) is 0 Å². The second-order valence-electron chi connectivity index (χ2n) is 15.1. The van der Waals surface area contributed by atoms with Crippen LogP contribution < -0.4 is 4.90 Å². The molecule has 1 saturated heterocycles. The van der Waals surface area contributed by atoms with E-state index in [1.54, 1.807) is 0 Å². The van der Waals surface area contributed by atoms with Crippen molar-refractivity contribution in [1.29, 1.82) is 0 Å². The van der Waals surface area contributed by atoms with E-state index in [2.05, 4.69) is 80.9 Å². The molecule has 1 saturated carbocycles. The highest BCUT2D eigenvalue weighted by Gasteiger charge is 2.39. The monoisotopic (exact) mass is 583 g/mol. The summed E-state index contributed by atoms with van der Waals surface area (Å²) < 4.78 is 6.40. The molecule has 9 nitrogen and oxygen atoms in total. The van der Waals surface area contributed by atoms with Crippen molar-refractivity contribution in [2.75, 3.05) is 31.1 Å². The minimum atomic E-state index is -0.447. The smallest absolute Gasteiger partial charge is 0.290 e. The fourth-order valence-electron chi connectivity index (χ4n) is 6.79. The van der Waals surface area contributed by atoms with E-state index >= 15 is 0 Å². The van der Waals surface area contributed by atoms with Crippen molar-refractivity contribution in [3.05, 3.63) is 52.5 Å². The molecule has 0 bridgehead atoms. The zero-order valence-corrected chi connectivity index (χ0v) is 27.0. The number of amides is 1. The first-order chi connectivity index (χ1) is 20.2. The second-order valence-corrected chi connectivity index (χ2v) is 15.1. The SMILES string of the molecule is Cc1ccc(N2CCN(C(=O)c3cc4nc(C5CCC(C)(C)CC5)cc(C(C)(C)C)c4o3)C(C)(C)C2)nc1C1=NN=NC1. The van der Waals surface area contributed by atoms with Crippen molar-refractivity contribution in [1.82, 2.24) is 14.9 Å². The van der Waals surface area contributed by atoms with Gasteiger partial charge in [-0.2, -0.15) is 5.11 Å². The van der Waals surface area contributed by atoms with Crippen LogP contribution in [0, 0.1) is 12.3 Å². The van der Waals surface area contributed by atoms with Gasteiger partial charge in [0.2, 0.25) is 0 Å². The molecule has 43 heavy (non-hydrogen) atoms. The fraction of sp³-hybridized carbons (Fsp3) is 0.588. The Morgan fingerprint density at radius 1 is 1.02 bits per heavy atom. The number of piperazine rings is 1. The molecule has 1 amide bonds. The molecular weight excluding hydrogens is 538 g/mol. The summed E-state index contributed by atoms with van der Waals surface area (Å²) >= 11 is 0. The van der Waals surface area contributed by atoms with Crippen LogP contribution in [-0.4, -0.2) is 58.2 Å². The lowest BCUT2D eigenvalue weighted by Gasteiger charge is -2.47. The Hall–Kier alpha value is -3.62. The summed E-state index contributed by atoms with van der Waals surface area (Å²) in [5.74, 6) is 1.58. The summed E-state index contributed by atoms with van der Waals surface area (Å²) in [7, 11) is 0. The average molecular weight is 584 g/mol. The van der Waals surface area contributed by atoms with Gasteiger partial charge in [-0.3, -0.25) is 4.79 Å². The van der Waals surface area contributed by atoms with Gasteiger partial charge in [0.25, 0.3) is 5.91 Å². The molecule has 9 heteroatoms. The number of hydrogen-bond donors (Lipinski definition) is 0. The van der Waals surface area contributed by atoms with Gasteiger partial charge in [0.1, 0.15) is 23.6 Å². The quantitative estimate of drug-likeness (QED) is 0.318. The molecular formula is C34H45N7O2. The minimum absolute atomic E-state index is 0.0930.